The predicted molar refractivity (Wildman–Crippen MR) is 136 cm³/mol. The summed E-state index contributed by atoms with van der Waals surface area (Å²) in [5, 5.41) is 52.1. The number of hydrogen-bond acceptors (Lipinski definition) is 7. The molecule has 7 N–H and O–H groups in total. The molecule has 9 heteroatoms. The van der Waals surface area contributed by atoms with Gasteiger partial charge in [0.2, 0.25) is 5.91 Å². The minimum Gasteiger partial charge on any atom is -0.394 e. The van der Waals surface area contributed by atoms with Gasteiger partial charge in [0.25, 0.3) is 5.91 Å². The lowest BCUT2D eigenvalue weighted by atomic mass is 9.92. The van der Waals surface area contributed by atoms with E-state index in [4.69, 9.17) is 5.11 Å². The molecule has 208 valence electrons. The van der Waals surface area contributed by atoms with Gasteiger partial charge in [0, 0.05) is 19.5 Å². The minimum absolute atomic E-state index is 0.0395. The van der Waals surface area contributed by atoms with Gasteiger partial charge in [-0.1, -0.05) is 79.1 Å². The third-order valence-electron chi connectivity index (χ3n) is 6.87. The van der Waals surface area contributed by atoms with Crippen LogP contribution in [-0.4, -0.2) is 81.5 Å². The van der Waals surface area contributed by atoms with Crippen LogP contribution < -0.4 is 10.6 Å². The molecule has 0 saturated heterocycles. The second kappa shape index (κ2) is 19.9. The Balaban J connectivity index is 3.88. The molecule has 35 heavy (non-hydrogen) atoms. The number of aliphatic hydroxyl groups excluding tert-OH is 5. The highest BCUT2D eigenvalue weighted by atomic mass is 16.4. The molecule has 0 spiro atoms. The van der Waals surface area contributed by atoms with Crippen LogP contribution >= 0.6 is 0 Å². The monoisotopic (exact) mass is 504 g/mol. The molecule has 7 atom stereocenters. The van der Waals surface area contributed by atoms with E-state index in [-0.39, 0.29) is 19.0 Å². The standard InChI is InChI=1S/C26H52N2O7/c1-5-18(2)9-6-7-10-19(3)11-8-12-20(4)13-14-22(31)27-15-16-28-26(35)25(34)24(33)23(32)21(30)17-29/h18-21,23-25,29-30,32-34H,5-17H2,1-4H3,(H,27,31)(H,28,35)/t18?,19?,20?,21-,23-,24+,25-/m1/s1. The summed E-state index contributed by atoms with van der Waals surface area (Å²) >= 11 is 0. The molecule has 0 rings (SSSR count). The van der Waals surface area contributed by atoms with Crippen molar-refractivity contribution in [3.63, 3.8) is 0 Å². The third-order valence-corrected chi connectivity index (χ3v) is 6.87. The van der Waals surface area contributed by atoms with Crippen LogP contribution in [0.2, 0.25) is 0 Å². The fourth-order valence-electron chi connectivity index (χ4n) is 3.93. The first-order valence-electron chi connectivity index (χ1n) is 13.4. The van der Waals surface area contributed by atoms with Crippen molar-refractivity contribution in [2.45, 2.75) is 116 Å². The Morgan fingerprint density at radius 3 is 1.80 bits per heavy atom. The molecule has 0 heterocycles. The Hall–Kier alpha value is -1.26. The van der Waals surface area contributed by atoms with Crippen molar-refractivity contribution in [3.8, 4) is 0 Å². The quantitative estimate of drug-likeness (QED) is 0.117. The number of unbranched alkanes of at least 4 members (excludes halogenated alkanes) is 1. The Labute approximate surface area is 211 Å². The van der Waals surface area contributed by atoms with Gasteiger partial charge in [0.1, 0.15) is 18.3 Å². The van der Waals surface area contributed by atoms with Gasteiger partial charge < -0.3 is 36.2 Å². The second-order valence-electron chi connectivity index (χ2n) is 10.3. The van der Waals surface area contributed by atoms with Gasteiger partial charge in [0.05, 0.1) is 6.61 Å². The highest BCUT2D eigenvalue weighted by molar-refractivity contribution is 5.81. The lowest BCUT2D eigenvalue weighted by molar-refractivity contribution is -0.148. The van der Waals surface area contributed by atoms with Crippen molar-refractivity contribution in [1.29, 1.82) is 0 Å². The molecule has 0 aliphatic heterocycles. The zero-order valence-electron chi connectivity index (χ0n) is 22.3. The van der Waals surface area contributed by atoms with Crippen LogP contribution in [-0.2, 0) is 9.59 Å². The molecular formula is C26H52N2O7. The van der Waals surface area contributed by atoms with Gasteiger partial charge in [-0.25, -0.2) is 0 Å². The van der Waals surface area contributed by atoms with Crippen molar-refractivity contribution in [1.82, 2.24) is 10.6 Å². The number of amides is 2. The van der Waals surface area contributed by atoms with Gasteiger partial charge in [0.15, 0.2) is 6.10 Å². The number of carbonyl (C=O) groups is 2. The van der Waals surface area contributed by atoms with Gasteiger partial charge >= 0.3 is 0 Å². The number of aliphatic hydroxyl groups is 5. The van der Waals surface area contributed by atoms with E-state index >= 15 is 0 Å². The van der Waals surface area contributed by atoms with Crippen LogP contribution in [0.3, 0.4) is 0 Å². The first kappa shape index (κ1) is 33.7. The Kier molecular flexibility index (Phi) is 19.2. The average Bonchev–Trinajstić information content (AvgIpc) is 2.85. The third kappa shape index (κ3) is 16.2. The summed E-state index contributed by atoms with van der Waals surface area (Å²) in [6.45, 7) is 8.46. The Morgan fingerprint density at radius 1 is 0.714 bits per heavy atom. The highest BCUT2D eigenvalue weighted by Gasteiger charge is 2.33. The van der Waals surface area contributed by atoms with Gasteiger partial charge in [-0.05, 0) is 24.2 Å². The fraction of sp³-hybridized carbons (Fsp3) is 0.923. The highest BCUT2D eigenvalue weighted by Crippen LogP contribution is 2.21. The first-order chi connectivity index (χ1) is 16.5. The summed E-state index contributed by atoms with van der Waals surface area (Å²) in [6.07, 6.45) is 3.80. The zero-order chi connectivity index (χ0) is 26.8. The predicted octanol–water partition coefficient (Wildman–Crippen LogP) is 1.48. The molecule has 0 aliphatic rings. The Bertz CT molecular complexity index is 564. The van der Waals surface area contributed by atoms with E-state index in [9.17, 15) is 30.0 Å². The van der Waals surface area contributed by atoms with Crippen LogP contribution in [0.1, 0.15) is 91.9 Å². The normalized spacial score (nSPS) is 17.6. The van der Waals surface area contributed by atoms with Gasteiger partial charge in [-0.3, -0.25) is 9.59 Å². The molecule has 0 fully saturated rings. The van der Waals surface area contributed by atoms with Crippen LogP contribution in [0.15, 0.2) is 0 Å². The summed E-state index contributed by atoms with van der Waals surface area (Å²) < 4.78 is 0. The summed E-state index contributed by atoms with van der Waals surface area (Å²) in [5.74, 6) is 0.996. The molecular weight excluding hydrogens is 452 g/mol. The molecule has 0 aromatic heterocycles. The molecule has 0 aromatic carbocycles. The van der Waals surface area contributed by atoms with E-state index in [1.54, 1.807) is 0 Å². The van der Waals surface area contributed by atoms with Crippen molar-refractivity contribution in [2.24, 2.45) is 17.8 Å². The van der Waals surface area contributed by atoms with Crippen LogP contribution in [0.25, 0.3) is 0 Å². The SMILES string of the molecule is CCC(C)CCCCC(C)CCCC(C)CCC(=O)NCCNC(=O)[C@H](O)[C@@H](O)[C@H](O)[C@H](O)CO. The lowest BCUT2D eigenvalue weighted by Crippen LogP contribution is -2.52. The lowest BCUT2D eigenvalue weighted by Gasteiger charge is -2.24. The molecule has 2 amide bonds. The van der Waals surface area contributed by atoms with E-state index < -0.39 is 36.9 Å². The Morgan fingerprint density at radius 2 is 1.23 bits per heavy atom. The number of hydrogen-bond donors (Lipinski definition) is 7. The van der Waals surface area contributed by atoms with Crippen molar-refractivity contribution in [3.05, 3.63) is 0 Å². The second-order valence-corrected chi connectivity index (χ2v) is 10.3. The molecule has 0 aromatic rings. The number of nitrogens with one attached hydrogen (secondary N) is 2. The maximum absolute atomic E-state index is 12.0. The molecule has 0 bridgehead atoms. The first-order valence-corrected chi connectivity index (χ1v) is 13.4. The van der Waals surface area contributed by atoms with E-state index in [1.165, 1.54) is 44.9 Å². The van der Waals surface area contributed by atoms with E-state index in [2.05, 4.69) is 38.3 Å². The van der Waals surface area contributed by atoms with Crippen molar-refractivity contribution < 1.29 is 35.1 Å². The van der Waals surface area contributed by atoms with Gasteiger partial charge in [-0.2, -0.15) is 0 Å². The number of carbonyl (C=O) groups excluding carboxylic acids is 2. The zero-order valence-corrected chi connectivity index (χ0v) is 22.3. The van der Waals surface area contributed by atoms with Crippen LogP contribution in [0, 0.1) is 17.8 Å². The largest absolute Gasteiger partial charge is 0.394 e. The van der Waals surface area contributed by atoms with Gasteiger partial charge in [-0.15, -0.1) is 0 Å². The maximum atomic E-state index is 12.0. The van der Waals surface area contributed by atoms with Crippen molar-refractivity contribution in [2.75, 3.05) is 19.7 Å². The fourth-order valence-corrected chi connectivity index (χ4v) is 3.93. The van der Waals surface area contributed by atoms with E-state index in [0.717, 1.165) is 24.7 Å². The smallest absolute Gasteiger partial charge is 0.251 e. The molecule has 0 saturated carbocycles. The van der Waals surface area contributed by atoms with E-state index in [0.29, 0.717) is 12.3 Å². The van der Waals surface area contributed by atoms with E-state index in [1.807, 2.05) is 0 Å². The maximum Gasteiger partial charge on any atom is 0.251 e. The average molecular weight is 505 g/mol. The number of rotatable bonds is 21. The van der Waals surface area contributed by atoms with Crippen LogP contribution in [0.4, 0.5) is 0 Å². The molecule has 3 unspecified atom stereocenters. The van der Waals surface area contributed by atoms with Crippen LogP contribution in [0.5, 0.6) is 0 Å². The molecule has 0 aliphatic carbocycles. The summed E-state index contributed by atoms with van der Waals surface area (Å²) in [4.78, 5) is 23.9. The minimum atomic E-state index is -1.98. The topological polar surface area (TPSA) is 159 Å². The molecule has 9 nitrogen and oxygen atoms in total. The summed E-state index contributed by atoms with van der Waals surface area (Å²) in [7, 11) is 0. The molecule has 0 radical (unpaired) electrons. The summed E-state index contributed by atoms with van der Waals surface area (Å²) in [6, 6.07) is 0. The summed E-state index contributed by atoms with van der Waals surface area (Å²) in [5.41, 5.74) is 0. The van der Waals surface area contributed by atoms with Crippen molar-refractivity contribution >= 4 is 11.8 Å².